The van der Waals surface area contributed by atoms with Gasteiger partial charge in [-0.25, -0.2) is 0 Å². The van der Waals surface area contributed by atoms with Crippen molar-refractivity contribution in [3.05, 3.63) is 0 Å². The van der Waals surface area contributed by atoms with E-state index in [-0.39, 0.29) is 0 Å². The maximum atomic E-state index is 11.5. The summed E-state index contributed by atoms with van der Waals surface area (Å²) in [6, 6.07) is 0. The van der Waals surface area contributed by atoms with Crippen molar-refractivity contribution in [2.45, 2.75) is 59.3 Å². The van der Waals surface area contributed by atoms with E-state index in [1.54, 1.807) is 0 Å². The largest absolute Gasteiger partial charge is 0.300 e. The van der Waals surface area contributed by atoms with Crippen molar-refractivity contribution < 1.29 is 4.79 Å². The predicted molar refractivity (Wildman–Crippen MR) is 58.1 cm³/mol. The molecule has 0 N–H and O–H groups in total. The van der Waals surface area contributed by atoms with Crippen molar-refractivity contribution in [3.8, 4) is 0 Å². The second kappa shape index (κ2) is 3.08. The molecule has 80 valence electrons. The number of hydrogen-bond donors (Lipinski definition) is 0. The highest BCUT2D eigenvalue weighted by atomic mass is 16.1. The molecule has 1 heteroatoms. The second-order valence-corrected chi connectivity index (χ2v) is 6.30. The zero-order valence-electron chi connectivity index (χ0n) is 9.73. The van der Waals surface area contributed by atoms with Gasteiger partial charge in [0.2, 0.25) is 0 Å². The van der Waals surface area contributed by atoms with Crippen LogP contribution in [0.4, 0.5) is 0 Å². The molecule has 2 rings (SSSR count). The summed E-state index contributed by atoms with van der Waals surface area (Å²) >= 11 is 0. The van der Waals surface area contributed by atoms with Gasteiger partial charge in [0.1, 0.15) is 5.78 Å². The fraction of sp³-hybridized carbons (Fsp3) is 0.923. The molecule has 0 aromatic carbocycles. The van der Waals surface area contributed by atoms with Crippen LogP contribution < -0.4 is 0 Å². The Kier molecular flexibility index (Phi) is 2.24. The monoisotopic (exact) mass is 194 g/mol. The molecule has 14 heavy (non-hydrogen) atoms. The minimum Gasteiger partial charge on any atom is -0.300 e. The molecule has 0 saturated heterocycles. The highest BCUT2D eigenvalue weighted by molar-refractivity contribution is 5.80. The minimum absolute atomic E-state index is 0.330. The lowest BCUT2D eigenvalue weighted by atomic mass is 9.51. The Morgan fingerprint density at radius 3 is 2.64 bits per heavy atom. The molecule has 0 spiro atoms. The van der Waals surface area contributed by atoms with E-state index in [9.17, 15) is 4.79 Å². The van der Waals surface area contributed by atoms with Gasteiger partial charge in [0.25, 0.3) is 0 Å². The minimum atomic E-state index is 0.330. The zero-order chi connectivity index (χ0) is 10.4. The summed E-state index contributed by atoms with van der Waals surface area (Å²) in [6.07, 6.45) is 6.76. The lowest BCUT2D eigenvalue weighted by molar-refractivity contribution is -0.131. The third-order valence-corrected chi connectivity index (χ3v) is 4.67. The Morgan fingerprint density at radius 1 is 1.21 bits per heavy atom. The third kappa shape index (κ3) is 1.51. The summed E-state index contributed by atoms with van der Waals surface area (Å²) in [6.45, 7) is 7.13. The normalized spacial score (nSPS) is 41.9. The number of rotatable bonds is 0. The molecule has 0 aromatic rings. The molecule has 0 unspecified atom stereocenters. The van der Waals surface area contributed by atoms with Crippen LogP contribution in [0.15, 0.2) is 0 Å². The Hall–Kier alpha value is -0.330. The number of carbonyl (C=O) groups excluding carboxylic acids is 1. The summed E-state index contributed by atoms with van der Waals surface area (Å²) in [5, 5.41) is 0. The van der Waals surface area contributed by atoms with Crippen LogP contribution in [0, 0.1) is 16.7 Å². The lowest BCUT2D eigenvalue weighted by Crippen LogP contribution is -2.46. The van der Waals surface area contributed by atoms with Crippen molar-refractivity contribution in [1.29, 1.82) is 0 Å². The van der Waals surface area contributed by atoms with E-state index in [1.165, 1.54) is 19.3 Å². The first-order chi connectivity index (χ1) is 6.44. The van der Waals surface area contributed by atoms with Gasteiger partial charge in [-0.3, -0.25) is 4.79 Å². The fourth-order valence-corrected chi connectivity index (χ4v) is 4.03. The first-order valence-electron chi connectivity index (χ1n) is 5.96. The first kappa shape index (κ1) is 10.2. The molecule has 2 aliphatic carbocycles. The van der Waals surface area contributed by atoms with Crippen molar-refractivity contribution in [2.75, 3.05) is 0 Å². The van der Waals surface area contributed by atoms with Crippen LogP contribution in [-0.2, 0) is 4.79 Å². The highest BCUT2D eigenvalue weighted by Crippen LogP contribution is 2.56. The molecule has 0 aromatic heterocycles. The maximum Gasteiger partial charge on any atom is 0.133 e. The Balaban J connectivity index is 2.25. The first-order valence-corrected chi connectivity index (χ1v) is 5.96. The summed E-state index contributed by atoms with van der Waals surface area (Å²) < 4.78 is 0. The maximum absolute atomic E-state index is 11.5. The van der Waals surface area contributed by atoms with Crippen LogP contribution >= 0.6 is 0 Å². The summed E-state index contributed by atoms with van der Waals surface area (Å²) in [5.74, 6) is 1.28. The van der Waals surface area contributed by atoms with Gasteiger partial charge in [0.15, 0.2) is 0 Å². The Labute approximate surface area is 87.3 Å². The summed E-state index contributed by atoms with van der Waals surface area (Å²) in [4.78, 5) is 11.5. The molecule has 2 saturated carbocycles. The van der Waals surface area contributed by atoms with Crippen molar-refractivity contribution in [2.24, 2.45) is 16.7 Å². The molecular formula is C13H22O. The molecule has 2 aliphatic rings. The predicted octanol–water partition coefficient (Wildman–Crippen LogP) is 3.57. The lowest BCUT2D eigenvalue weighted by Gasteiger charge is -2.53. The van der Waals surface area contributed by atoms with E-state index < -0.39 is 0 Å². The molecule has 1 nitrogen and oxygen atoms in total. The van der Waals surface area contributed by atoms with Crippen LogP contribution in [0.25, 0.3) is 0 Å². The summed E-state index contributed by atoms with van der Waals surface area (Å²) in [5.41, 5.74) is 0.796. The van der Waals surface area contributed by atoms with Gasteiger partial charge in [-0.15, -0.1) is 0 Å². The van der Waals surface area contributed by atoms with Crippen molar-refractivity contribution in [3.63, 3.8) is 0 Å². The van der Waals surface area contributed by atoms with Crippen molar-refractivity contribution >= 4 is 5.78 Å². The van der Waals surface area contributed by atoms with Crippen LogP contribution in [0.2, 0.25) is 0 Å². The molecule has 2 atom stereocenters. The van der Waals surface area contributed by atoms with Gasteiger partial charge in [0, 0.05) is 12.8 Å². The van der Waals surface area contributed by atoms with Crippen molar-refractivity contribution in [1.82, 2.24) is 0 Å². The van der Waals surface area contributed by atoms with Crippen LogP contribution in [-0.4, -0.2) is 5.78 Å². The molecule has 0 amide bonds. The number of hydrogen-bond acceptors (Lipinski definition) is 1. The Bertz CT molecular complexity index is 254. The van der Waals surface area contributed by atoms with E-state index in [0.717, 1.165) is 25.2 Å². The van der Waals surface area contributed by atoms with Gasteiger partial charge in [0.05, 0.1) is 0 Å². The quantitative estimate of drug-likeness (QED) is 0.576. The van der Waals surface area contributed by atoms with Crippen LogP contribution in [0.5, 0.6) is 0 Å². The van der Waals surface area contributed by atoms with E-state index in [0.29, 0.717) is 16.6 Å². The smallest absolute Gasteiger partial charge is 0.133 e. The summed E-state index contributed by atoms with van der Waals surface area (Å²) in [7, 11) is 0. The van der Waals surface area contributed by atoms with E-state index in [4.69, 9.17) is 0 Å². The van der Waals surface area contributed by atoms with Gasteiger partial charge < -0.3 is 0 Å². The number of Topliss-reactive ketones (excluding diaryl/α,β-unsaturated/α-hetero) is 1. The molecule has 0 radical (unpaired) electrons. The third-order valence-electron chi connectivity index (χ3n) is 4.67. The standard InChI is InChI=1S/C13H22O/c1-12(2)7-4-8-13(3)9-10(14)5-6-11(12)13/h11H,4-9H2,1-3H3/t11-,13-/m0/s1. The second-order valence-electron chi connectivity index (χ2n) is 6.30. The number of ketones is 1. The molecule has 0 aliphatic heterocycles. The van der Waals surface area contributed by atoms with Crippen LogP contribution in [0.3, 0.4) is 0 Å². The SMILES string of the molecule is CC1(C)CCC[C@@]2(C)CC(=O)CC[C@@H]12. The van der Waals surface area contributed by atoms with E-state index in [1.807, 2.05) is 0 Å². The molecular weight excluding hydrogens is 172 g/mol. The van der Waals surface area contributed by atoms with E-state index in [2.05, 4.69) is 20.8 Å². The Morgan fingerprint density at radius 2 is 1.93 bits per heavy atom. The number of fused-ring (bicyclic) bond motifs is 1. The molecule has 0 bridgehead atoms. The van der Waals surface area contributed by atoms with Gasteiger partial charge in [-0.05, 0) is 36.0 Å². The zero-order valence-corrected chi connectivity index (χ0v) is 9.73. The average molecular weight is 194 g/mol. The molecule has 0 heterocycles. The van der Waals surface area contributed by atoms with Gasteiger partial charge in [-0.1, -0.05) is 27.2 Å². The van der Waals surface area contributed by atoms with Crippen LogP contribution in [0.1, 0.15) is 59.3 Å². The fourth-order valence-electron chi connectivity index (χ4n) is 4.03. The molecule has 2 fully saturated rings. The van der Waals surface area contributed by atoms with Gasteiger partial charge in [-0.2, -0.15) is 0 Å². The topological polar surface area (TPSA) is 17.1 Å². The van der Waals surface area contributed by atoms with Gasteiger partial charge >= 0.3 is 0 Å². The number of carbonyl (C=O) groups is 1. The highest BCUT2D eigenvalue weighted by Gasteiger charge is 2.48. The van der Waals surface area contributed by atoms with E-state index >= 15 is 0 Å². The average Bonchev–Trinajstić information content (AvgIpc) is 2.00.